The maximum atomic E-state index is 13.4. The first-order chi connectivity index (χ1) is 14.5. The van der Waals surface area contributed by atoms with E-state index >= 15 is 0 Å². The second-order valence-corrected chi connectivity index (χ2v) is 8.67. The summed E-state index contributed by atoms with van der Waals surface area (Å²) in [7, 11) is 1.63. The smallest absolute Gasteiger partial charge is 0.277 e. The number of ether oxygens (including phenoxy) is 2. The summed E-state index contributed by atoms with van der Waals surface area (Å²) < 4.78 is 11.0. The standard InChI is InChI=1S/C23H26N2O4S/c1-15-13-24(14-16(2)29-15)21-20(19-5-4-12-30-19)22(26)25(23(21)27)11-10-17-6-8-18(28-3)9-7-17/h4-9,12,15-16H,10-11,13-14H2,1-3H3. The van der Waals surface area contributed by atoms with Crippen molar-refractivity contribution in [1.29, 1.82) is 0 Å². The van der Waals surface area contributed by atoms with Crippen LogP contribution in [0.1, 0.15) is 24.3 Å². The number of thiophene rings is 1. The van der Waals surface area contributed by atoms with Gasteiger partial charge in [-0.1, -0.05) is 18.2 Å². The molecule has 2 aliphatic heterocycles. The molecule has 1 saturated heterocycles. The van der Waals surface area contributed by atoms with Gasteiger partial charge in [0.15, 0.2) is 0 Å². The van der Waals surface area contributed by atoms with Crippen molar-refractivity contribution in [2.24, 2.45) is 0 Å². The van der Waals surface area contributed by atoms with Crippen LogP contribution in [0.25, 0.3) is 5.57 Å². The van der Waals surface area contributed by atoms with Gasteiger partial charge < -0.3 is 14.4 Å². The molecule has 0 aliphatic carbocycles. The fraction of sp³-hybridized carbons (Fsp3) is 0.391. The molecule has 1 aromatic heterocycles. The Morgan fingerprint density at radius 3 is 2.37 bits per heavy atom. The van der Waals surface area contributed by atoms with Crippen molar-refractivity contribution in [3.63, 3.8) is 0 Å². The maximum absolute atomic E-state index is 13.4. The molecule has 2 aromatic rings. The van der Waals surface area contributed by atoms with Gasteiger partial charge in [-0.15, -0.1) is 11.3 Å². The quantitative estimate of drug-likeness (QED) is 0.664. The Morgan fingerprint density at radius 2 is 1.77 bits per heavy atom. The fourth-order valence-corrected chi connectivity index (χ4v) is 4.86. The maximum Gasteiger partial charge on any atom is 0.277 e. The molecule has 0 saturated carbocycles. The molecule has 2 unspecified atom stereocenters. The van der Waals surface area contributed by atoms with Gasteiger partial charge in [0.2, 0.25) is 0 Å². The number of hydrogen-bond acceptors (Lipinski definition) is 6. The van der Waals surface area contributed by atoms with Crippen LogP contribution in [0.2, 0.25) is 0 Å². The highest BCUT2D eigenvalue weighted by molar-refractivity contribution is 7.11. The molecule has 2 atom stereocenters. The zero-order valence-electron chi connectivity index (χ0n) is 17.5. The molecule has 0 spiro atoms. The Hall–Kier alpha value is -2.64. The summed E-state index contributed by atoms with van der Waals surface area (Å²) in [5.41, 5.74) is 2.08. The Kier molecular flexibility index (Phi) is 5.92. The predicted molar refractivity (Wildman–Crippen MR) is 116 cm³/mol. The number of amides is 2. The van der Waals surface area contributed by atoms with Gasteiger partial charge in [-0.3, -0.25) is 14.5 Å². The third-order valence-corrected chi connectivity index (χ3v) is 6.32. The van der Waals surface area contributed by atoms with Crippen molar-refractivity contribution in [3.05, 3.63) is 57.9 Å². The van der Waals surface area contributed by atoms with Crippen molar-refractivity contribution in [2.45, 2.75) is 32.5 Å². The number of hydrogen-bond donors (Lipinski definition) is 0. The summed E-state index contributed by atoms with van der Waals surface area (Å²) in [6.07, 6.45) is 0.603. The SMILES string of the molecule is COc1ccc(CCN2C(=O)C(c3cccs3)=C(N3CC(C)OC(C)C3)C2=O)cc1. The average molecular weight is 427 g/mol. The highest BCUT2D eigenvalue weighted by atomic mass is 32.1. The van der Waals surface area contributed by atoms with Gasteiger partial charge in [0.1, 0.15) is 11.4 Å². The van der Waals surface area contributed by atoms with Crippen LogP contribution in [0.15, 0.2) is 47.5 Å². The molecule has 1 aromatic carbocycles. The Labute approximate surface area is 180 Å². The average Bonchev–Trinajstić information content (AvgIpc) is 3.33. The van der Waals surface area contributed by atoms with Gasteiger partial charge in [-0.05, 0) is 49.4 Å². The van der Waals surface area contributed by atoms with Crippen LogP contribution in [-0.4, -0.2) is 60.6 Å². The highest BCUT2D eigenvalue weighted by Gasteiger charge is 2.43. The van der Waals surface area contributed by atoms with Crippen LogP contribution in [0.4, 0.5) is 0 Å². The van der Waals surface area contributed by atoms with Crippen molar-refractivity contribution >= 4 is 28.7 Å². The minimum atomic E-state index is -0.210. The molecule has 1 fully saturated rings. The number of rotatable bonds is 6. The van der Waals surface area contributed by atoms with Gasteiger partial charge in [-0.2, -0.15) is 0 Å². The zero-order chi connectivity index (χ0) is 21.3. The van der Waals surface area contributed by atoms with Gasteiger partial charge in [0, 0.05) is 24.5 Å². The number of morpholine rings is 1. The summed E-state index contributed by atoms with van der Waals surface area (Å²) >= 11 is 1.49. The summed E-state index contributed by atoms with van der Waals surface area (Å²) in [5, 5.41) is 1.93. The zero-order valence-corrected chi connectivity index (χ0v) is 18.3. The van der Waals surface area contributed by atoms with Gasteiger partial charge in [0.05, 0.1) is 24.9 Å². The van der Waals surface area contributed by atoms with E-state index in [1.165, 1.54) is 16.2 Å². The van der Waals surface area contributed by atoms with Crippen molar-refractivity contribution in [3.8, 4) is 5.75 Å². The summed E-state index contributed by atoms with van der Waals surface area (Å²) in [6.45, 7) is 5.53. The second kappa shape index (κ2) is 8.62. The molecule has 3 heterocycles. The third-order valence-electron chi connectivity index (χ3n) is 5.43. The Morgan fingerprint density at radius 1 is 1.07 bits per heavy atom. The molecule has 4 rings (SSSR count). The van der Waals surface area contributed by atoms with E-state index < -0.39 is 0 Å². The lowest BCUT2D eigenvalue weighted by atomic mass is 10.1. The van der Waals surface area contributed by atoms with Gasteiger partial charge in [0.25, 0.3) is 11.8 Å². The van der Waals surface area contributed by atoms with Crippen LogP contribution in [-0.2, 0) is 20.7 Å². The first-order valence-electron chi connectivity index (χ1n) is 10.2. The number of imide groups is 1. The van der Waals surface area contributed by atoms with E-state index in [0.717, 1.165) is 16.2 Å². The molecule has 0 N–H and O–H groups in total. The van der Waals surface area contributed by atoms with Crippen LogP contribution in [0, 0.1) is 0 Å². The van der Waals surface area contributed by atoms with E-state index in [-0.39, 0.29) is 24.0 Å². The summed E-state index contributed by atoms with van der Waals surface area (Å²) in [4.78, 5) is 31.0. The number of carbonyl (C=O) groups excluding carboxylic acids is 2. The van der Waals surface area contributed by atoms with E-state index in [1.54, 1.807) is 7.11 Å². The minimum absolute atomic E-state index is 0.00193. The molecule has 158 valence electrons. The minimum Gasteiger partial charge on any atom is -0.497 e. The topological polar surface area (TPSA) is 59.1 Å². The van der Waals surface area contributed by atoms with Gasteiger partial charge >= 0.3 is 0 Å². The molecule has 7 heteroatoms. The monoisotopic (exact) mass is 426 g/mol. The van der Waals surface area contributed by atoms with Crippen molar-refractivity contribution in [2.75, 3.05) is 26.7 Å². The molecule has 6 nitrogen and oxygen atoms in total. The Balaban J connectivity index is 1.59. The summed E-state index contributed by atoms with van der Waals surface area (Å²) in [5.74, 6) is 0.363. The third kappa shape index (κ3) is 4.00. The summed E-state index contributed by atoms with van der Waals surface area (Å²) in [6, 6.07) is 11.5. The van der Waals surface area contributed by atoms with Crippen LogP contribution in [0.5, 0.6) is 5.75 Å². The number of benzene rings is 1. The van der Waals surface area contributed by atoms with E-state index in [4.69, 9.17) is 9.47 Å². The van der Waals surface area contributed by atoms with Crippen molar-refractivity contribution < 1.29 is 19.1 Å². The lowest BCUT2D eigenvalue weighted by Gasteiger charge is -2.37. The normalized spacial score (nSPS) is 22.2. The molecule has 0 bridgehead atoms. The van der Waals surface area contributed by atoms with E-state index in [0.29, 0.717) is 37.3 Å². The molecule has 2 amide bonds. The van der Waals surface area contributed by atoms with E-state index in [2.05, 4.69) is 0 Å². The van der Waals surface area contributed by atoms with Crippen molar-refractivity contribution in [1.82, 2.24) is 9.80 Å². The highest BCUT2D eigenvalue weighted by Crippen LogP contribution is 2.35. The molecule has 30 heavy (non-hydrogen) atoms. The van der Waals surface area contributed by atoms with Crippen LogP contribution >= 0.6 is 11.3 Å². The number of nitrogens with zero attached hydrogens (tertiary/aromatic N) is 2. The second-order valence-electron chi connectivity index (χ2n) is 7.72. The predicted octanol–water partition coefficient (Wildman–Crippen LogP) is 3.19. The molecule has 0 radical (unpaired) electrons. The molecular weight excluding hydrogens is 400 g/mol. The first kappa shape index (κ1) is 20.6. The molecule has 2 aliphatic rings. The van der Waals surface area contributed by atoms with Crippen LogP contribution in [0.3, 0.4) is 0 Å². The lowest BCUT2D eigenvalue weighted by molar-refractivity contribution is -0.138. The van der Waals surface area contributed by atoms with E-state index in [9.17, 15) is 9.59 Å². The fourth-order valence-electron chi connectivity index (χ4n) is 4.10. The number of carbonyl (C=O) groups is 2. The molecular formula is C23H26N2O4S. The first-order valence-corrected chi connectivity index (χ1v) is 11.0. The Bertz CT molecular complexity index is 942. The van der Waals surface area contributed by atoms with Crippen LogP contribution < -0.4 is 4.74 Å². The lowest BCUT2D eigenvalue weighted by Crippen LogP contribution is -2.47. The number of methoxy groups -OCH3 is 1. The van der Waals surface area contributed by atoms with E-state index in [1.807, 2.05) is 60.5 Å². The largest absolute Gasteiger partial charge is 0.497 e. The van der Waals surface area contributed by atoms with Gasteiger partial charge in [-0.25, -0.2) is 0 Å².